The van der Waals surface area contributed by atoms with Crippen LogP contribution in [-0.2, 0) is 13.0 Å². The summed E-state index contributed by atoms with van der Waals surface area (Å²) in [6, 6.07) is 10.7. The molecular weight excluding hydrogens is 318 g/mol. The van der Waals surface area contributed by atoms with Crippen LogP contribution in [0.1, 0.15) is 40.3 Å². The number of nitrogens with zero attached hydrogens (tertiary/aromatic N) is 1. The fourth-order valence-corrected chi connectivity index (χ4v) is 4.33. The number of hydrogen-bond donors (Lipinski definition) is 0. The Morgan fingerprint density at radius 3 is 2.69 bits per heavy atom. The second kappa shape index (κ2) is 6.21. The van der Waals surface area contributed by atoms with E-state index in [2.05, 4.69) is 63.1 Å². The molecule has 1 aliphatic rings. The van der Waals surface area contributed by atoms with Crippen molar-refractivity contribution in [1.29, 1.82) is 0 Å². The molecule has 0 atom stereocenters. The molecule has 2 aromatic carbocycles. The molecule has 26 heavy (non-hydrogen) atoms. The molecule has 0 saturated carbocycles. The molecule has 1 aliphatic heterocycles. The number of allylic oxidation sites excluding steroid dienone is 1. The van der Waals surface area contributed by atoms with Crippen molar-refractivity contribution in [2.24, 2.45) is 0 Å². The van der Waals surface area contributed by atoms with E-state index in [0.29, 0.717) is 0 Å². The van der Waals surface area contributed by atoms with Gasteiger partial charge in [-0.15, -0.1) is 0 Å². The first-order valence-corrected chi connectivity index (χ1v) is 9.15. The Morgan fingerprint density at radius 1 is 1.12 bits per heavy atom. The second-order valence-electron chi connectivity index (χ2n) is 7.40. The third-order valence-electron chi connectivity index (χ3n) is 5.59. The molecule has 2 heterocycles. The van der Waals surface area contributed by atoms with Crippen LogP contribution in [0.2, 0.25) is 0 Å². The Kier molecular flexibility index (Phi) is 3.99. The molecule has 3 aromatic rings. The van der Waals surface area contributed by atoms with Crippen molar-refractivity contribution in [3.05, 3.63) is 83.1 Å². The van der Waals surface area contributed by atoms with Gasteiger partial charge in [0.15, 0.2) is 0 Å². The lowest BCUT2D eigenvalue weighted by Gasteiger charge is -2.34. The van der Waals surface area contributed by atoms with Crippen molar-refractivity contribution >= 4 is 22.2 Å². The molecule has 2 nitrogen and oxygen atoms in total. The van der Waals surface area contributed by atoms with Gasteiger partial charge in [0, 0.05) is 29.7 Å². The molecule has 132 valence electrons. The van der Waals surface area contributed by atoms with Crippen LogP contribution in [0.3, 0.4) is 0 Å². The lowest BCUT2D eigenvalue weighted by Crippen LogP contribution is -2.29. The SMILES string of the molecule is C=C(C)c1c(C)cc2c(c1C)CCN(C(=C)c1ccc3ccoc3c1)C2. The summed E-state index contributed by atoms with van der Waals surface area (Å²) in [5.41, 5.74) is 11.2. The van der Waals surface area contributed by atoms with Crippen LogP contribution in [0.15, 0.2) is 54.2 Å². The smallest absolute Gasteiger partial charge is 0.134 e. The van der Waals surface area contributed by atoms with Crippen LogP contribution >= 0.6 is 0 Å². The highest BCUT2D eigenvalue weighted by Gasteiger charge is 2.22. The van der Waals surface area contributed by atoms with Gasteiger partial charge in [0.25, 0.3) is 0 Å². The molecule has 2 heteroatoms. The summed E-state index contributed by atoms with van der Waals surface area (Å²) >= 11 is 0. The molecule has 0 aliphatic carbocycles. The van der Waals surface area contributed by atoms with Gasteiger partial charge in [0.2, 0.25) is 0 Å². The largest absolute Gasteiger partial charge is 0.464 e. The Hall–Kier alpha value is -2.74. The fraction of sp³-hybridized carbons (Fsp3) is 0.250. The van der Waals surface area contributed by atoms with Crippen molar-refractivity contribution in [3.63, 3.8) is 0 Å². The Balaban J connectivity index is 1.65. The van der Waals surface area contributed by atoms with E-state index in [0.717, 1.165) is 47.3 Å². The van der Waals surface area contributed by atoms with Gasteiger partial charge in [0.05, 0.1) is 6.26 Å². The lowest BCUT2D eigenvalue weighted by atomic mass is 9.86. The van der Waals surface area contributed by atoms with E-state index >= 15 is 0 Å². The summed E-state index contributed by atoms with van der Waals surface area (Å²) in [5.74, 6) is 0. The molecule has 4 rings (SSSR count). The lowest BCUT2D eigenvalue weighted by molar-refractivity contribution is 0.373. The summed E-state index contributed by atoms with van der Waals surface area (Å²) < 4.78 is 5.55. The Labute approximate surface area is 155 Å². The molecule has 0 amide bonds. The van der Waals surface area contributed by atoms with Crippen molar-refractivity contribution < 1.29 is 4.42 Å². The zero-order chi connectivity index (χ0) is 18.4. The van der Waals surface area contributed by atoms with Crippen molar-refractivity contribution in [2.45, 2.75) is 33.7 Å². The van der Waals surface area contributed by atoms with Crippen LogP contribution < -0.4 is 0 Å². The molecule has 0 radical (unpaired) electrons. The normalized spacial score (nSPS) is 13.7. The highest BCUT2D eigenvalue weighted by Crippen LogP contribution is 2.33. The average Bonchev–Trinajstić information content (AvgIpc) is 3.07. The van der Waals surface area contributed by atoms with Crippen molar-refractivity contribution in [3.8, 4) is 0 Å². The van der Waals surface area contributed by atoms with Crippen LogP contribution in [0.4, 0.5) is 0 Å². The highest BCUT2D eigenvalue weighted by atomic mass is 16.3. The van der Waals surface area contributed by atoms with E-state index in [-0.39, 0.29) is 0 Å². The quantitative estimate of drug-likeness (QED) is 0.570. The summed E-state index contributed by atoms with van der Waals surface area (Å²) in [5, 5.41) is 1.13. The van der Waals surface area contributed by atoms with Gasteiger partial charge in [-0.2, -0.15) is 0 Å². The van der Waals surface area contributed by atoms with Gasteiger partial charge in [-0.05, 0) is 67.1 Å². The first-order chi connectivity index (χ1) is 12.5. The van der Waals surface area contributed by atoms with Gasteiger partial charge in [-0.1, -0.05) is 36.9 Å². The molecule has 0 unspecified atom stereocenters. The summed E-state index contributed by atoms with van der Waals surface area (Å²) in [6.45, 7) is 17.0. The maximum atomic E-state index is 5.55. The first-order valence-electron chi connectivity index (χ1n) is 9.15. The van der Waals surface area contributed by atoms with Gasteiger partial charge in [-0.25, -0.2) is 0 Å². The number of furan rings is 1. The van der Waals surface area contributed by atoms with E-state index in [1.54, 1.807) is 6.26 Å². The summed E-state index contributed by atoms with van der Waals surface area (Å²) in [7, 11) is 0. The predicted octanol–water partition coefficient (Wildman–Crippen LogP) is 6.11. The monoisotopic (exact) mass is 343 g/mol. The Morgan fingerprint density at radius 2 is 1.92 bits per heavy atom. The molecule has 0 saturated heterocycles. The van der Waals surface area contributed by atoms with Gasteiger partial charge < -0.3 is 9.32 Å². The van der Waals surface area contributed by atoms with Crippen LogP contribution in [0.5, 0.6) is 0 Å². The maximum absolute atomic E-state index is 5.55. The van der Waals surface area contributed by atoms with Gasteiger partial charge in [-0.3, -0.25) is 0 Å². The van der Waals surface area contributed by atoms with Gasteiger partial charge in [0.1, 0.15) is 5.58 Å². The number of aryl methyl sites for hydroxylation is 1. The maximum Gasteiger partial charge on any atom is 0.134 e. The van der Waals surface area contributed by atoms with E-state index in [9.17, 15) is 0 Å². The van der Waals surface area contributed by atoms with Crippen LogP contribution in [0, 0.1) is 13.8 Å². The predicted molar refractivity (Wildman–Crippen MR) is 110 cm³/mol. The molecule has 0 fully saturated rings. The number of fused-ring (bicyclic) bond motifs is 2. The minimum atomic E-state index is 0.905. The standard InChI is InChI=1S/C24H25NO/c1-15(2)24-16(3)12-21-14-25(10-8-22(21)17(24)4)18(5)20-7-6-19-9-11-26-23(19)13-20/h6-7,9,11-13H,1,5,8,10,14H2,2-4H3. The average molecular weight is 343 g/mol. The summed E-state index contributed by atoms with van der Waals surface area (Å²) in [6.07, 6.45) is 2.78. The molecular formula is C24H25NO. The van der Waals surface area contributed by atoms with Crippen LogP contribution in [0.25, 0.3) is 22.2 Å². The first kappa shape index (κ1) is 16.7. The topological polar surface area (TPSA) is 16.4 Å². The molecule has 0 N–H and O–H groups in total. The second-order valence-corrected chi connectivity index (χ2v) is 7.40. The molecule has 1 aromatic heterocycles. The fourth-order valence-electron chi connectivity index (χ4n) is 4.33. The minimum Gasteiger partial charge on any atom is -0.464 e. The Bertz CT molecular complexity index is 1040. The highest BCUT2D eigenvalue weighted by molar-refractivity contribution is 5.81. The summed E-state index contributed by atoms with van der Waals surface area (Å²) in [4.78, 5) is 2.38. The number of rotatable bonds is 3. The van der Waals surface area contributed by atoms with Gasteiger partial charge >= 0.3 is 0 Å². The number of benzene rings is 2. The van der Waals surface area contributed by atoms with E-state index in [1.807, 2.05) is 6.07 Å². The number of hydrogen-bond acceptors (Lipinski definition) is 2. The third-order valence-corrected chi connectivity index (χ3v) is 5.59. The van der Waals surface area contributed by atoms with Crippen molar-refractivity contribution in [2.75, 3.05) is 6.54 Å². The third kappa shape index (κ3) is 2.66. The molecule has 0 spiro atoms. The molecule has 0 bridgehead atoms. The zero-order valence-corrected chi connectivity index (χ0v) is 15.9. The van der Waals surface area contributed by atoms with E-state index < -0.39 is 0 Å². The zero-order valence-electron chi connectivity index (χ0n) is 15.9. The van der Waals surface area contributed by atoms with E-state index in [4.69, 9.17) is 4.42 Å². The minimum absolute atomic E-state index is 0.905. The van der Waals surface area contributed by atoms with Crippen LogP contribution in [-0.4, -0.2) is 11.4 Å². The van der Waals surface area contributed by atoms with Crippen molar-refractivity contribution in [1.82, 2.24) is 4.90 Å². The van der Waals surface area contributed by atoms with E-state index in [1.165, 1.54) is 27.8 Å².